The zero-order valence-electron chi connectivity index (χ0n) is 10.0. The van der Waals surface area contributed by atoms with E-state index in [1.165, 1.54) is 6.07 Å². The van der Waals surface area contributed by atoms with Gasteiger partial charge in [0.1, 0.15) is 5.82 Å². The molecule has 0 aliphatic carbocycles. The van der Waals surface area contributed by atoms with Crippen LogP contribution in [0.25, 0.3) is 0 Å². The summed E-state index contributed by atoms with van der Waals surface area (Å²) in [7, 11) is 2.10. The third-order valence-corrected chi connectivity index (χ3v) is 2.77. The fourth-order valence-electron chi connectivity index (χ4n) is 1.32. The van der Waals surface area contributed by atoms with Gasteiger partial charge in [0.05, 0.1) is 0 Å². The fraction of sp³-hybridized carbons (Fsp3) is 0.538. The molecule has 1 nitrogen and oxygen atoms in total. The molecule has 0 bridgehead atoms. The second-order valence-corrected chi connectivity index (χ2v) is 4.97. The van der Waals surface area contributed by atoms with E-state index in [9.17, 15) is 4.39 Å². The molecular weight excluding hydrogens is 189 g/mol. The number of hydrogen-bond donors (Lipinski definition) is 0. The lowest BCUT2D eigenvalue weighted by molar-refractivity contribution is 0.178. The topological polar surface area (TPSA) is 3.24 Å². The summed E-state index contributed by atoms with van der Waals surface area (Å²) < 4.78 is 12.9. The van der Waals surface area contributed by atoms with Crippen molar-refractivity contribution in [3.8, 4) is 0 Å². The molecule has 84 valence electrons. The second-order valence-electron chi connectivity index (χ2n) is 4.97. The van der Waals surface area contributed by atoms with Gasteiger partial charge in [-0.3, -0.25) is 0 Å². The van der Waals surface area contributed by atoms with Crippen molar-refractivity contribution in [2.75, 3.05) is 13.6 Å². The molecule has 0 unspecified atom stereocenters. The van der Waals surface area contributed by atoms with Crippen LogP contribution in [-0.4, -0.2) is 24.0 Å². The van der Waals surface area contributed by atoms with Gasteiger partial charge in [0, 0.05) is 12.1 Å². The first kappa shape index (κ1) is 12.2. The summed E-state index contributed by atoms with van der Waals surface area (Å²) in [6, 6.07) is 6.83. The first-order valence-electron chi connectivity index (χ1n) is 5.35. The van der Waals surface area contributed by atoms with E-state index in [0.717, 1.165) is 18.5 Å². The van der Waals surface area contributed by atoms with E-state index >= 15 is 0 Å². The number of rotatable bonds is 3. The van der Waals surface area contributed by atoms with Gasteiger partial charge < -0.3 is 4.90 Å². The first-order valence-corrected chi connectivity index (χ1v) is 5.35. The highest BCUT2D eigenvalue weighted by molar-refractivity contribution is 5.16. The number of halogens is 1. The molecule has 0 fully saturated rings. The minimum Gasteiger partial charge on any atom is -0.301 e. The largest absolute Gasteiger partial charge is 0.301 e. The smallest absolute Gasteiger partial charge is 0.123 e. The molecule has 0 radical (unpaired) electrons. The molecule has 0 spiro atoms. The van der Waals surface area contributed by atoms with E-state index in [0.29, 0.717) is 0 Å². The van der Waals surface area contributed by atoms with Crippen LogP contribution in [0.1, 0.15) is 26.3 Å². The molecule has 1 aromatic rings. The molecule has 1 aromatic carbocycles. The van der Waals surface area contributed by atoms with Crippen LogP contribution < -0.4 is 0 Å². The first-order chi connectivity index (χ1) is 6.89. The van der Waals surface area contributed by atoms with Gasteiger partial charge in [0.2, 0.25) is 0 Å². The van der Waals surface area contributed by atoms with E-state index in [-0.39, 0.29) is 11.4 Å². The lowest BCUT2D eigenvalue weighted by Crippen LogP contribution is -2.39. The van der Waals surface area contributed by atoms with Crippen molar-refractivity contribution in [1.29, 1.82) is 0 Å². The average molecular weight is 209 g/mol. The van der Waals surface area contributed by atoms with Gasteiger partial charge in [0.25, 0.3) is 0 Å². The van der Waals surface area contributed by atoms with Crippen molar-refractivity contribution in [1.82, 2.24) is 4.90 Å². The van der Waals surface area contributed by atoms with Gasteiger partial charge in [-0.1, -0.05) is 12.1 Å². The monoisotopic (exact) mass is 209 g/mol. The van der Waals surface area contributed by atoms with Crippen LogP contribution in [0.2, 0.25) is 0 Å². The maximum absolute atomic E-state index is 12.9. The SMILES string of the molecule is CN(CCc1cccc(F)c1)C(C)(C)C. The fourth-order valence-corrected chi connectivity index (χ4v) is 1.32. The normalized spacial score (nSPS) is 12.1. The summed E-state index contributed by atoms with van der Waals surface area (Å²) in [5.41, 5.74) is 1.24. The molecule has 15 heavy (non-hydrogen) atoms. The highest BCUT2D eigenvalue weighted by atomic mass is 19.1. The Labute approximate surface area is 91.9 Å². The van der Waals surface area contributed by atoms with Crippen molar-refractivity contribution >= 4 is 0 Å². The van der Waals surface area contributed by atoms with Gasteiger partial charge in [-0.15, -0.1) is 0 Å². The Morgan fingerprint density at radius 3 is 2.47 bits per heavy atom. The molecule has 0 aliphatic rings. The van der Waals surface area contributed by atoms with Gasteiger partial charge in [-0.2, -0.15) is 0 Å². The molecule has 0 N–H and O–H groups in total. The summed E-state index contributed by atoms with van der Waals surface area (Å²) in [5.74, 6) is -0.147. The van der Waals surface area contributed by atoms with Crippen LogP contribution in [0.5, 0.6) is 0 Å². The molecule has 0 heterocycles. The van der Waals surface area contributed by atoms with Crippen LogP contribution >= 0.6 is 0 Å². The van der Waals surface area contributed by atoms with Crippen LogP contribution in [0, 0.1) is 5.82 Å². The Balaban J connectivity index is 2.51. The van der Waals surface area contributed by atoms with Crippen molar-refractivity contribution < 1.29 is 4.39 Å². The van der Waals surface area contributed by atoms with E-state index in [1.807, 2.05) is 6.07 Å². The Bertz CT molecular complexity index is 315. The van der Waals surface area contributed by atoms with E-state index in [2.05, 4.69) is 32.7 Å². The van der Waals surface area contributed by atoms with Crippen LogP contribution in [0.3, 0.4) is 0 Å². The minimum absolute atomic E-state index is 0.147. The van der Waals surface area contributed by atoms with Crippen molar-refractivity contribution in [2.45, 2.75) is 32.7 Å². The highest BCUT2D eigenvalue weighted by Gasteiger charge is 2.15. The quantitative estimate of drug-likeness (QED) is 0.739. The van der Waals surface area contributed by atoms with Crippen molar-refractivity contribution in [2.24, 2.45) is 0 Å². The standard InChI is InChI=1S/C13H20FN/c1-13(2,3)15(4)9-8-11-6-5-7-12(14)10-11/h5-7,10H,8-9H2,1-4H3. The Hall–Kier alpha value is -0.890. The predicted molar refractivity (Wildman–Crippen MR) is 62.5 cm³/mol. The Morgan fingerprint density at radius 2 is 1.93 bits per heavy atom. The molecule has 0 amide bonds. The van der Waals surface area contributed by atoms with Crippen LogP contribution in [0.4, 0.5) is 4.39 Å². The molecule has 0 aliphatic heterocycles. The van der Waals surface area contributed by atoms with E-state index in [1.54, 1.807) is 12.1 Å². The molecule has 2 heteroatoms. The van der Waals surface area contributed by atoms with Crippen LogP contribution in [0.15, 0.2) is 24.3 Å². The zero-order chi connectivity index (χ0) is 11.5. The maximum Gasteiger partial charge on any atom is 0.123 e. The number of likely N-dealkylation sites (N-methyl/N-ethyl adjacent to an activating group) is 1. The van der Waals surface area contributed by atoms with E-state index < -0.39 is 0 Å². The summed E-state index contributed by atoms with van der Waals surface area (Å²) in [6.45, 7) is 7.49. The molecule has 0 atom stereocenters. The summed E-state index contributed by atoms with van der Waals surface area (Å²) >= 11 is 0. The molecule has 1 rings (SSSR count). The summed E-state index contributed by atoms with van der Waals surface area (Å²) in [4.78, 5) is 2.28. The lowest BCUT2D eigenvalue weighted by atomic mass is 10.1. The third kappa shape index (κ3) is 4.00. The summed E-state index contributed by atoms with van der Waals surface area (Å²) in [5, 5.41) is 0. The van der Waals surface area contributed by atoms with Gasteiger partial charge in [-0.05, 0) is 51.9 Å². The Morgan fingerprint density at radius 1 is 1.27 bits per heavy atom. The third-order valence-electron chi connectivity index (χ3n) is 2.77. The predicted octanol–water partition coefficient (Wildman–Crippen LogP) is 3.10. The van der Waals surface area contributed by atoms with Crippen molar-refractivity contribution in [3.05, 3.63) is 35.6 Å². The van der Waals surface area contributed by atoms with Gasteiger partial charge in [-0.25, -0.2) is 4.39 Å². The lowest BCUT2D eigenvalue weighted by Gasteiger charge is -2.31. The summed E-state index contributed by atoms with van der Waals surface area (Å²) in [6.07, 6.45) is 0.894. The second kappa shape index (κ2) is 4.75. The molecule has 0 aromatic heterocycles. The van der Waals surface area contributed by atoms with Gasteiger partial charge in [0.15, 0.2) is 0 Å². The van der Waals surface area contributed by atoms with Crippen molar-refractivity contribution in [3.63, 3.8) is 0 Å². The van der Waals surface area contributed by atoms with Crippen LogP contribution in [-0.2, 0) is 6.42 Å². The average Bonchev–Trinajstić information content (AvgIpc) is 2.12. The Kier molecular flexibility index (Phi) is 3.86. The molecule has 0 saturated carbocycles. The van der Waals surface area contributed by atoms with E-state index in [4.69, 9.17) is 0 Å². The van der Waals surface area contributed by atoms with Gasteiger partial charge >= 0.3 is 0 Å². The maximum atomic E-state index is 12.9. The number of benzene rings is 1. The zero-order valence-corrected chi connectivity index (χ0v) is 10.0. The molecule has 0 saturated heterocycles. The molecular formula is C13H20FN. The highest BCUT2D eigenvalue weighted by Crippen LogP contribution is 2.12. The number of nitrogens with zero attached hydrogens (tertiary/aromatic N) is 1. The minimum atomic E-state index is -0.147. The number of hydrogen-bond acceptors (Lipinski definition) is 1.